The van der Waals surface area contributed by atoms with E-state index in [-0.39, 0.29) is 30.9 Å². The molecule has 0 aromatic heterocycles. The average Bonchev–Trinajstić information content (AvgIpc) is 2.80. The Balaban J connectivity index is 1.91. The van der Waals surface area contributed by atoms with Crippen LogP contribution in [0.5, 0.6) is 0 Å². The highest BCUT2D eigenvalue weighted by Gasteiger charge is 2.33. The lowest BCUT2D eigenvalue weighted by atomic mass is 9.73. The van der Waals surface area contributed by atoms with Crippen LogP contribution in [0.2, 0.25) is 0 Å². The minimum absolute atomic E-state index is 0.140. The van der Waals surface area contributed by atoms with E-state index in [9.17, 15) is 9.59 Å². The Bertz CT molecular complexity index is 775. The fraction of sp³-hybridized carbons (Fsp3) is 0.652. The summed E-state index contributed by atoms with van der Waals surface area (Å²) in [6, 6.07) is 5.30. The highest BCUT2D eigenvalue weighted by molar-refractivity contribution is 9.11. The summed E-state index contributed by atoms with van der Waals surface area (Å²) < 4.78 is 13.5. The smallest absolute Gasteiger partial charge is 0.410 e. The third-order valence-electron chi connectivity index (χ3n) is 5.42. The maximum absolute atomic E-state index is 12.7. The number of aliphatic hydroxyl groups is 1. The number of hydrogen-bond acceptors (Lipinski definition) is 6. The van der Waals surface area contributed by atoms with Gasteiger partial charge in [0, 0.05) is 48.4 Å². The van der Waals surface area contributed by atoms with Crippen molar-refractivity contribution < 1.29 is 24.0 Å². The van der Waals surface area contributed by atoms with Crippen molar-refractivity contribution in [3.8, 4) is 0 Å². The van der Waals surface area contributed by atoms with Crippen LogP contribution in [0.25, 0.3) is 0 Å². The van der Waals surface area contributed by atoms with Crippen molar-refractivity contribution in [3.63, 3.8) is 0 Å². The molecule has 0 spiro atoms. The fourth-order valence-electron chi connectivity index (χ4n) is 3.82. The Morgan fingerprint density at radius 1 is 1.18 bits per heavy atom. The lowest BCUT2D eigenvalue weighted by molar-refractivity contribution is -0.120. The van der Waals surface area contributed by atoms with E-state index in [1.807, 2.05) is 6.07 Å². The van der Waals surface area contributed by atoms with Crippen LogP contribution in [0.1, 0.15) is 49.9 Å². The summed E-state index contributed by atoms with van der Waals surface area (Å²) in [5.41, 5.74) is 0.452. The minimum Gasteiger partial charge on any atom is -0.410 e. The van der Waals surface area contributed by atoms with Crippen molar-refractivity contribution in [1.29, 1.82) is 0 Å². The molecule has 190 valence electrons. The molecule has 11 heteroatoms. The van der Waals surface area contributed by atoms with Crippen molar-refractivity contribution in [3.05, 3.63) is 32.7 Å². The molecular weight excluding hydrogens is 569 g/mol. The lowest BCUT2D eigenvalue weighted by Gasteiger charge is -2.29. The third-order valence-corrected chi connectivity index (χ3v) is 6.60. The van der Waals surface area contributed by atoms with Crippen molar-refractivity contribution in [1.82, 2.24) is 15.5 Å². The molecule has 0 bridgehead atoms. The van der Waals surface area contributed by atoms with Crippen LogP contribution >= 0.6 is 31.9 Å². The summed E-state index contributed by atoms with van der Waals surface area (Å²) in [6.07, 6.45) is 3.17. The Hall–Kier alpha value is -0.975. The van der Waals surface area contributed by atoms with E-state index in [2.05, 4.69) is 61.2 Å². The van der Waals surface area contributed by atoms with Crippen LogP contribution in [0.15, 0.2) is 27.1 Å². The van der Waals surface area contributed by atoms with E-state index >= 15 is 0 Å². The van der Waals surface area contributed by atoms with Gasteiger partial charge in [-0.3, -0.25) is 9.59 Å². The molecule has 1 aromatic carbocycles. The van der Waals surface area contributed by atoms with Crippen LogP contribution in [0.3, 0.4) is 0 Å². The maximum atomic E-state index is 12.7. The SMILES string of the molecule is CC(C)C[C@H](NC(=O)CNC(=O)c1cc(Br)ccc1Br)B1OCCCN(CCCO)CCCO1. The summed E-state index contributed by atoms with van der Waals surface area (Å²) in [7, 11) is -0.537. The third kappa shape index (κ3) is 10.7. The first-order valence-corrected chi connectivity index (χ1v) is 13.5. The molecule has 0 saturated carbocycles. The molecule has 8 nitrogen and oxygen atoms in total. The number of halogens is 2. The highest BCUT2D eigenvalue weighted by Crippen LogP contribution is 2.21. The molecule has 3 N–H and O–H groups in total. The predicted octanol–water partition coefficient (Wildman–Crippen LogP) is 3.01. The Kier molecular flexibility index (Phi) is 13.7. The van der Waals surface area contributed by atoms with Crippen LogP contribution in [-0.4, -0.2) is 80.9 Å². The summed E-state index contributed by atoms with van der Waals surface area (Å²) >= 11 is 6.73. The molecule has 2 rings (SSSR count). The van der Waals surface area contributed by atoms with E-state index in [1.165, 1.54) is 0 Å². The minimum atomic E-state index is -0.537. The first-order valence-electron chi connectivity index (χ1n) is 11.9. The zero-order valence-corrected chi connectivity index (χ0v) is 23.2. The van der Waals surface area contributed by atoms with Gasteiger partial charge in [-0.2, -0.15) is 0 Å². The van der Waals surface area contributed by atoms with E-state index in [0.29, 0.717) is 35.6 Å². The molecule has 1 fully saturated rings. The molecule has 0 aliphatic carbocycles. The second kappa shape index (κ2) is 15.9. The van der Waals surface area contributed by atoms with Gasteiger partial charge in [0.05, 0.1) is 18.0 Å². The molecule has 0 unspecified atom stereocenters. The van der Waals surface area contributed by atoms with Gasteiger partial charge in [-0.05, 0) is 65.7 Å². The summed E-state index contributed by atoms with van der Waals surface area (Å²) in [4.78, 5) is 27.5. The number of carbonyl (C=O) groups is 2. The zero-order chi connectivity index (χ0) is 24.9. The normalized spacial score (nSPS) is 16.8. The summed E-state index contributed by atoms with van der Waals surface area (Å²) in [6.45, 7) is 7.97. The predicted molar refractivity (Wildman–Crippen MR) is 141 cm³/mol. The van der Waals surface area contributed by atoms with Gasteiger partial charge < -0.3 is 29.9 Å². The van der Waals surface area contributed by atoms with E-state index < -0.39 is 7.12 Å². The monoisotopic (exact) mass is 603 g/mol. The molecule has 0 radical (unpaired) electrons. The first kappa shape index (κ1) is 29.3. The molecule has 1 aliphatic rings. The second-order valence-electron chi connectivity index (χ2n) is 8.85. The molecule has 1 aromatic rings. The number of nitrogens with zero attached hydrogens (tertiary/aromatic N) is 1. The summed E-state index contributed by atoms with van der Waals surface area (Å²) in [5.74, 6) is -0.605. The number of aliphatic hydroxyl groups excluding tert-OH is 1. The molecule has 1 atom stereocenters. The second-order valence-corrected chi connectivity index (χ2v) is 10.6. The number of benzene rings is 1. The van der Waals surface area contributed by atoms with E-state index in [1.54, 1.807) is 12.1 Å². The van der Waals surface area contributed by atoms with Gasteiger partial charge in [0.25, 0.3) is 5.91 Å². The Morgan fingerprint density at radius 3 is 2.47 bits per heavy atom. The van der Waals surface area contributed by atoms with Crippen LogP contribution in [0.4, 0.5) is 0 Å². The molecule has 1 aliphatic heterocycles. The molecule has 1 saturated heterocycles. The van der Waals surface area contributed by atoms with Gasteiger partial charge in [0.1, 0.15) is 0 Å². The number of carbonyl (C=O) groups excluding carboxylic acids is 2. The zero-order valence-electron chi connectivity index (χ0n) is 20.0. The van der Waals surface area contributed by atoms with Crippen molar-refractivity contribution in [2.75, 3.05) is 46.0 Å². The summed E-state index contributed by atoms with van der Waals surface area (Å²) in [5, 5.41) is 14.8. The van der Waals surface area contributed by atoms with Crippen molar-refractivity contribution in [2.24, 2.45) is 5.92 Å². The first-order chi connectivity index (χ1) is 16.3. The largest absolute Gasteiger partial charge is 0.480 e. The number of nitrogens with one attached hydrogen (secondary N) is 2. The van der Waals surface area contributed by atoms with Crippen LogP contribution in [-0.2, 0) is 14.1 Å². The van der Waals surface area contributed by atoms with Gasteiger partial charge in [-0.15, -0.1) is 0 Å². The van der Waals surface area contributed by atoms with Gasteiger partial charge in [-0.25, -0.2) is 0 Å². The van der Waals surface area contributed by atoms with Crippen molar-refractivity contribution >= 4 is 50.8 Å². The average molecular weight is 605 g/mol. The van der Waals surface area contributed by atoms with Crippen LogP contribution in [0, 0.1) is 5.92 Å². The quantitative estimate of drug-likeness (QED) is 0.355. The lowest BCUT2D eigenvalue weighted by Crippen LogP contribution is -2.52. The number of hydrogen-bond donors (Lipinski definition) is 3. The molecule has 34 heavy (non-hydrogen) atoms. The van der Waals surface area contributed by atoms with Gasteiger partial charge in [-0.1, -0.05) is 29.8 Å². The molecule has 2 amide bonds. The highest BCUT2D eigenvalue weighted by atomic mass is 79.9. The number of amides is 2. The van der Waals surface area contributed by atoms with Gasteiger partial charge in [0.2, 0.25) is 5.91 Å². The topological polar surface area (TPSA) is 100 Å². The standard InChI is InChI=1S/C23H36BBr2N3O5/c1-17(2)14-21(24-33-12-4-9-29(8-3-11-30)10-5-13-34-24)28-22(31)16-27-23(32)19-15-18(25)6-7-20(19)26/h6-7,15,17,21,30H,3-5,8-14,16H2,1-2H3,(H,27,32)(H,28,31)/t21-/m0/s1. The van der Waals surface area contributed by atoms with Gasteiger partial charge in [0.15, 0.2) is 0 Å². The number of rotatable bonds is 10. The maximum Gasteiger partial charge on any atom is 0.480 e. The van der Waals surface area contributed by atoms with Crippen LogP contribution < -0.4 is 10.6 Å². The Labute approximate surface area is 219 Å². The van der Waals surface area contributed by atoms with Crippen molar-refractivity contribution in [2.45, 2.75) is 45.5 Å². The molecule has 1 heterocycles. The van der Waals surface area contributed by atoms with E-state index in [0.717, 1.165) is 43.4 Å². The Morgan fingerprint density at radius 2 is 1.85 bits per heavy atom. The van der Waals surface area contributed by atoms with Gasteiger partial charge >= 0.3 is 7.12 Å². The molecular formula is C23H36BBr2N3O5. The van der Waals surface area contributed by atoms with E-state index in [4.69, 9.17) is 14.4 Å². The fourth-order valence-corrected chi connectivity index (χ4v) is 4.60.